The number of fused-ring (bicyclic) bond motifs is 1. The standard InChI is InChI=1S/C16H21N3O4/c1-3-4-16(8-20)5-6-19(7-16)15(22)11-10(2)23-14-12(11)13(21)17-9-18-14/h9,20H,3-8H2,1-2H3,(H,17,18,21). The van der Waals surface area contributed by atoms with E-state index in [1.54, 1.807) is 11.8 Å². The Kier molecular flexibility index (Phi) is 3.97. The molecule has 2 aromatic heterocycles. The van der Waals surface area contributed by atoms with Crippen LogP contribution in [0.15, 0.2) is 15.5 Å². The van der Waals surface area contributed by atoms with Crippen LogP contribution in [0.1, 0.15) is 42.3 Å². The van der Waals surface area contributed by atoms with Crippen molar-refractivity contribution < 1.29 is 14.3 Å². The van der Waals surface area contributed by atoms with Gasteiger partial charge < -0.3 is 19.4 Å². The SMILES string of the molecule is CCCC1(CO)CCN(C(=O)c2c(C)oc3nc[nH]c(=O)c23)C1. The third-order valence-electron chi connectivity index (χ3n) is 4.73. The Hall–Kier alpha value is -2.15. The van der Waals surface area contributed by atoms with E-state index in [0.717, 1.165) is 19.3 Å². The van der Waals surface area contributed by atoms with Crippen molar-refractivity contribution in [2.75, 3.05) is 19.7 Å². The van der Waals surface area contributed by atoms with Crippen LogP contribution < -0.4 is 5.56 Å². The predicted molar refractivity (Wildman–Crippen MR) is 84.3 cm³/mol. The van der Waals surface area contributed by atoms with E-state index in [0.29, 0.717) is 18.8 Å². The second kappa shape index (κ2) is 5.81. The number of aliphatic hydroxyl groups excluding tert-OH is 1. The maximum Gasteiger partial charge on any atom is 0.262 e. The molecule has 2 N–H and O–H groups in total. The van der Waals surface area contributed by atoms with Crippen molar-refractivity contribution in [2.45, 2.75) is 33.1 Å². The number of aliphatic hydroxyl groups is 1. The molecule has 0 spiro atoms. The van der Waals surface area contributed by atoms with Crippen LogP contribution in [0.25, 0.3) is 11.1 Å². The van der Waals surface area contributed by atoms with Crippen molar-refractivity contribution in [1.29, 1.82) is 0 Å². The molecule has 1 unspecified atom stereocenters. The smallest absolute Gasteiger partial charge is 0.262 e. The molecule has 7 nitrogen and oxygen atoms in total. The molecule has 23 heavy (non-hydrogen) atoms. The summed E-state index contributed by atoms with van der Waals surface area (Å²) in [5.74, 6) is 0.164. The van der Waals surface area contributed by atoms with Gasteiger partial charge in [0.05, 0.1) is 18.5 Å². The lowest BCUT2D eigenvalue weighted by molar-refractivity contribution is 0.0729. The third-order valence-corrected chi connectivity index (χ3v) is 4.73. The van der Waals surface area contributed by atoms with Crippen LogP contribution in [0.3, 0.4) is 0 Å². The Labute approximate surface area is 133 Å². The Balaban J connectivity index is 1.96. The minimum Gasteiger partial charge on any atom is -0.442 e. The fourth-order valence-corrected chi connectivity index (χ4v) is 3.52. The highest BCUT2D eigenvalue weighted by atomic mass is 16.3. The van der Waals surface area contributed by atoms with Gasteiger partial charge in [0.1, 0.15) is 11.1 Å². The van der Waals surface area contributed by atoms with E-state index in [1.165, 1.54) is 6.33 Å². The fraction of sp³-hybridized carbons (Fsp3) is 0.562. The zero-order chi connectivity index (χ0) is 16.6. The number of aryl methyl sites for hydroxylation is 1. The zero-order valence-corrected chi connectivity index (χ0v) is 13.4. The van der Waals surface area contributed by atoms with Gasteiger partial charge in [-0.1, -0.05) is 13.3 Å². The predicted octanol–water partition coefficient (Wildman–Crippen LogP) is 1.45. The number of rotatable bonds is 4. The molecule has 3 rings (SSSR count). The maximum atomic E-state index is 12.9. The van der Waals surface area contributed by atoms with E-state index < -0.39 is 0 Å². The van der Waals surface area contributed by atoms with Crippen LogP contribution in [0, 0.1) is 12.3 Å². The Morgan fingerprint density at radius 3 is 3.04 bits per heavy atom. The number of carbonyl (C=O) groups excluding carboxylic acids is 1. The highest BCUT2D eigenvalue weighted by Crippen LogP contribution is 2.36. The van der Waals surface area contributed by atoms with Gasteiger partial charge in [-0.2, -0.15) is 0 Å². The third kappa shape index (κ3) is 2.55. The lowest BCUT2D eigenvalue weighted by Crippen LogP contribution is -2.34. The van der Waals surface area contributed by atoms with Crippen molar-refractivity contribution >= 4 is 17.0 Å². The molecule has 3 heterocycles. The molecule has 124 valence electrons. The van der Waals surface area contributed by atoms with Gasteiger partial charge in [-0.05, 0) is 19.8 Å². The van der Waals surface area contributed by atoms with Crippen LogP contribution in [-0.4, -0.2) is 45.6 Å². The summed E-state index contributed by atoms with van der Waals surface area (Å²) in [7, 11) is 0. The minimum absolute atomic E-state index is 0.0673. The topological polar surface area (TPSA) is 99.4 Å². The van der Waals surface area contributed by atoms with E-state index in [2.05, 4.69) is 16.9 Å². The summed E-state index contributed by atoms with van der Waals surface area (Å²) in [6.07, 6.45) is 3.86. The van der Waals surface area contributed by atoms with E-state index >= 15 is 0 Å². The van der Waals surface area contributed by atoms with Gasteiger partial charge in [-0.25, -0.2) is 4.98 Å². The molecule has 0 bridgehead atoms. The summed E-state index contributed by atoms with van der Waals surface area (Å²) in [6.45, 7) is 4.87. The molecule has 7 heteroatoms. The quantitative estimate of drug-likeness (QED) is 0.888. The summed E-state index contributed by atoms with van der Waals surface area (Å²) < 4.78 is 5.46. The van der Waals surface area contributed by atoms with Gasteiger partial charge in [-0.3, -0.25) is 9.59 Å². The number of hydrogen-bond donors (Lipinski definition) is 2. The summed E-state index contributed by atoms with van der Waals surface area (Å²) in [4.78, 5) is 33.1. The van der Waals surface area contributed by atoms with Crippen LogP contribution in [0.2, 0.25) is 0 Å². The zero-order valence-electron chi connectivity index (χ0n) is 13.4. The molecule has 1 atom stereocenters. The van der Waals surface area contributed by atoms with Crippen molar-refractivity contribution in [3.63, 3.8) is 0 Å². The molecule has 1 fully saturated rings. The molecule has 0 aliphatic carbocycles. The van der Waals surface area contributed by atoms with Crippen LogP contribution in [0.5, 0.6) is 0 Å². The number of aromatic amines is 1. The average Bonchev–Trinajstić information content (AvgIpc) is 3.09. The number of aromatic nitrogens is 2. The number of nitrogens with one attached hydrogen (secondary N) is 1. The summed E-state index contributed by atoms with van der Waals surface area (Å²) >= 11 is 0. The highest BCUT2D eigenvalue weighted by molar-refractivity contribution is 6.06. The van der Waals surface area contributed by atoms with E-state index in [9.17, 15) is 14.7 Å². The monoisotopic (exact) mass is 319 g/mol. The lowest BCUT2D eigenvalue weighted by Gasteiger charge is -2.26. The molecule has 2 aromatic rings. The maximum absolute atomic E-state index is 12.9. The molecule has 0 radical (unpaired) electrons. The number of hydrogen-bond acceptors (Lipinski definition) is 5. The molecule has 1 aliphatic heterocycles. The first-order valence-corrected chi connectivity index (χ1v) is 7.88. The molecule has 1 aliphatic rings. The second-order valence-electron chi connectivity index (χ2n) is 6.33. The summed E-state index contributed by atoms with van der Waals surface area (Å²) in [5.41, 5.74) is -0.158. The van der Waals surface area contributed by atoms with E-state index in [-0.39, 0.29) is 40.2 Å². The largest absolute Gasteiger partial charge is 0.442 e. The fourth-order valence-electron chi connectivity index (χ4n) is 3.52. The summed E-state index contributed by atoms with van der Waals surface area (Å²) in [6, 6.07) is 0. The van der Waals surface area contributed by atoms with Gasteiger partial charge in [0.15, 0.2) is 0 Å². The minimum atomic E-state index is -0.378. The first-order chi connectivity index (χ1) is 11.0. The number of furan rings is 1. The van der Waals surface area contributed by atoms with Crippen molar-refractivity contribution in [2.24, 2.45) is 5.41 Å². The molecule has 0 saturated carbocycles. The Bertz CT molecular complexity index is 794. The highest BCUT2D eigenvalue weighted by Gasteiger charge is 2.40. The second-order valence-corrected chi connectivity index (χ2v) is 6.33. The number of amides is 1. The van der Waals surface area contributed by atoms with Crippen LogP contribution >= 0.6 is 0 Å². The van der Waals surface area contributed by atoms with Gasteiger partial charge in [0, 0.05) is 18.5 Å². The van der Waals surface area contributed by atoms with Crippen molar-refractivity contribution in [3.8, 4) is 0 Å². The molecule has 1 saturated heterocycles. The lowest BCUT2D eigenvalue weighted by atomic mass is 9.83. The first kappa shape index (κ1) is 15.7. The van der Waals surface area contributed by atoms with E-state index in [1.807, 2.05) is 0 Å². The van der Waals surface area contributed by atoms with Crippen LogP contribution in [0.4, 0.5) is 0 Å². The van der Waals surface area contributed by atoms with Crippen LogP contribution in [-0.2, 0) is 0 Å². The van der Waals surface area contributed by atoms with E-state index in [4.69, 9.17) is 4.42 Å². The summed E-state index contributed by atoms with van der Waals surface area (Å²) in [5, 5.41) is 9.93. The number of carbonyl (C=O) groups is 1. The number of H-pyrrole nitrogens is 1. The Morgan fingerprint density at radius 1 is 1.57 bits per heavy atom. The molecule has 1 amide bonds. The molecular weight excluding hydrogens is 298 g/mol. The Morgan fingerprint density at radius 2 is 2.35 bits per heavy atom. The average molecular weight is 319 g/mol. The molecular formula is C16H21N3O4. The van der Waals surface area contributed by atoms with Gasteiger partial charge in [0.25, 0.3) is 11.5 Å². The van der Waals surface area contributed by atoms with Crippen molar-refractivity contribution in [1.82, 2.24) is 14.9 Å². The van der Waals surface area contributed by atoms with Gasteiger partial charge in [-0.15, -0.1) is 0 Å². The molecule has 0 aromatic carbocycles. The van der Waals surface area contributed by atoms with Crippen molar-refractivity contribution in [3.05, 3.63) is 28.0 Å². The number of nitrogens with zero attached hydrogens (tertiary/aromatic N) is 2. The normalized spacial score (nSPS) is 21.3. The number of likely N-dealkylation sites (tertiary alicyclic amines) is 1. The van der Waals surface area contributed by atoms with Gasteiger partial charge >= 0.3 is 0 Å². The first-order valence-electron chi connectivity index (χ1n) is 7.88. The van der Waals surface area contributed by atoms with Gasteiger partial charge in [0.2, 0.25) is 5.71 Å².